The van der Waals surface area contributed by atoms with Crippen LogP contribution >= 0.6 is 0 Å². The predicted octanol–water partition coefficient (Wildman–Crippen LogP) is 2.07. The maximum absolute atomic E-state index is 12.2. The molecule has 0 rings (SSSR count). The number of allylic oxidation sites excluding steroid dienone is 1. The van der Waals surface area contributed by atoms with Crippen LogP contribution < -0.4 is 0 Å². The summed E-state index contributed by atoms with van der Waals surface area (Å²) in [6.45, 7) is 0. The highest BCUT2D eigenvalue weighted by Crippen LogP contribution is 2.41. The lowest BCUT2D eigenvalue weighted by Gasteiger charge is -2.21. The SMILES string of the molecule is O=C=C(F)C(F)(F)C(=O)C(F)(F)C(F)(F)F. The average Bonchev–Trinajstić information content (AvgIpc) is 2.13. The van der Waals surface area contributed by atoms with E-state index in [1.807, 2.05) is 0 Å². The number of alkyl halides is 7. The summed E-state index contributed by atoms with van der Waals surface area (Å²) in [5.41, 5.74) is 0. The van der Waals surface area contributed by atoms with Crippen molar-refractivity contribution in [3.8, 4) is 0 Å². The van der Waals surface area contributed by atoms with Crippen molar-refractivity contribution in [2.75, 3.05) is 0 Å². The minimum Gasteiger partial charge on any atom is -0.285 e. The third kappa shape index (κ3) is 2.21. The van der Waals surface area contributed by atoms with E-state index >= 15 is 0 Å². The van der Waals surface area contributed by atoms with Crippen molar-refractivity contribution in [1.82, 2.24) is 0 Å². The lowest BCUT2D eigenvalue weighted by molar-refractivity contribution is -0.276. The summed E-state index contributed by atoms with van der Waals surface area (Å²) >= 11 is 0. The molecule has 0 aromatic rings. The van der Waals surface area contributed by atoms with Gasteiger partial charge in [-0.05, 0) is 0 Å². The molecule has 2 nitrogen and oxygen atoms in total. The number of rotatable bonds is 3. The number of hydrogen-bond acceptors (Lipinski definition) is 2. The van der Waals surface area contributed by atoms with Crippen molar-refractivity contribution in [3.63, 3.8) is 0 Å². The van der Waals surface area contributed by atoms with Gasteiger partial charge in [0.25, 0.3) is 11.6 Å². The van der Waals surface area contributed by atoms with Gasteiger partial charge in [0.2, 0.25) is 0 Å². The third-order valence-corrected chi connectivity index (χ3v) is 1.29. The van der Waals surface area contributed by atoms with Gasteiger partial charge in [0.1, 0.15) is 0 Å². The summed E-state index contributed by atoms with van der Waals surface area (Å²) in [5, 5.41) is 0. The molecule has 0 amide bonds. The molecule has 92 valence electrons. The average molecular weight is 256 g/mol. The Kier molecular flexibility index (Phi) is 3.51. The molecule has 16 heavy (non-hydrogen) atoms. The zero-order valence-corrected chi connectivity index (χ0v) is 6.84. The molecule has 0 aromatic heterocycles. The fourth-order valence-corrected chi connectivity index (χ4v) is 0.490. The number of carbonyl (C=O) groups excluding carboxylic acids is 2. The number of carbonyl (C=O) groups is 1. The summed E-state index contributed by atoms with van der Waals surface area (Å²) in [6, 6.07) is 0. The highest BCUT2D eigenvalue weighted by atomic mass is 19.4. The van der Waals surface area contributed by atoms with Gasteiger partial charge in [-0.3, -0.25) is 4.79 Å². The molecule has 0 saturated carbocycles. The van der Waals surface area contributed by atoms with Crippen molar-refractivity contribution in [2.45, 2.75) is 18.0 Å². The smallest absolute Gasteiger partial charge is 0.285 e. The second-order valence-electron chi connectivity index (χ2n) is 2.39. The maximum atomic E-state index is 12.2. The highest BCUT2D eigenvalue weighted by Gasteiger charge is 2.70. The van der Waals surface area contributed by atoms with Crippen LogP contribution in [-0.4, -0.2) is 29.7 Å². The van der Waals surface area contributed by atoms with Gasteiger partial charge < -0.3 is 0 Å². The lowest BCUT2D eigenvalue weighted by atomic mass is 10.1. The van der Waals surface area contributed by atoms with E-state index in [0.29, 0.717) is 0 Å². The van der Waals surface area contributed by atoms with E-state index in [2.05, 4.69) is 0 Å². The molecule has 0 aliphatic carbocycles. The van der Waals surface area contributed by atoms with Gasteiger partial charge in [0.05, 0.1) is 0 Å². The van der Waals surface area contributed by atoms with Crippen molar-refractivity contribution in [1.29, 1.82) is 0 Å². The van der Waals surface area contributed by atoms with E-state index in [9.17, 15) is 44.7 Å². The standard InChI is InChI=1S/C6F8O2/c7-2(1-15)4(8,9)3(16)5(10,11)6(12,13)14. The minimum absolute atomic E-state index is 0.262. The van der Waals surface area contributed by atoms with E-state index in [0.717, 1.165) is 0 Å². The molecule has 0 aliphatic rings. The molecule has 0 N–H and O–H groups in total. The monoisotopic (exact) mass is 256 g/mol. The third-order valence-electron chi connectivity index (χ3n) is 1.29. The Morgan fingerprint density at radius 3 is 1.56 bits per heavy atom. The van der Waals surface area contributed by atoms with Crippen LogP contribution in [0.4, 0.5) is 35.1 Å². The van der Waals surface area contributed by atoms with Gasteiger partial charge in [0, 0.05) is 0 Å². The van der Waals surface area contributed by atoms with Crippen LogP contribution in [0.15, 0.2) is 5.83 Å². The number of hydrogen-bond donors (Lipinski definition) is 0. The first-order chi connectivity index (χ1) is 6.89. The molecular formula is C6F8O2. The van der Waals surface area contributed by atoms with Crippen LogP contribution in [0, 0.1) is 0 Å². The van der Waals surface area contributed by atoms with Crippen molar-refractivity contribution < 1.29 is 44.7 Å². The Bertz CT molecular complexity index is 348. The van der Waals surface area contributed by atoms with E-state index in [-0.39, 0.29) is 5.94 Å². The molecular weight excluding hydrogens is 256 g/mol. The summed E-state index contributed by atoms with van der Waals surface area (Å²) in [6.07, 6.45) is -6.61. The van der Waals surface area contributed by atoms with Gasteiger partial charge in [-0.1, -0.05) is 0 Å². The van der Waals surface area contributed by atoms with E-state index < -0.39 is 29.6 Å². The first-order valence-electron chi connectivity index (χ1n) is 3.17. The van der Waals surface area contributed by atoms with E-state index in [1.54, 1.807) is 0 Å². The van der Waals surface area contributed by atoms with Gasteiger partial charge in [-0.25, -0.2) is 4.79 Å². The van der Waals surface area contributed by atoms with Crippen molar-refractivity contribution in [3.05, 3.63) is 5.83 Å². The van der Waals surface area contributed by atoms with Crippen molar-refractivity contribution in [2.24, 2.45) is 0 Å². The molecule has 0 unspecified atom stereocenters. The maximum Gasteiger partial charge on any atom is 0.461 e. The van der Waals surface area contributed by atoms with E-state index in [4.69, 9.17) is 0 Å². The molecule has 0 spiro atoms. The van der Waals surface area contributed by atoms with Gasteiger partial charge in [0.15, 0.2) is 5.94 Å². The van der Waals surface area contributed by atoms with Crippen molar-refractivity contribution >= 4 is 11.7 Å². The summed E-state index contributed by atoms with van der Waals surface area (Å²) in [4.78, 5) is 19.4. The number of ketones is 1. The summed E-state index contributed by atoms with van der Waals surface area (Å²) in [5.74, 6) is -20.0. The normalized spacial score (nSPS) is 13.2. The molecule has 0 aromatic carbocycles. The van der Waals surface area contributed by atoms with Crippen LogP contribution in [0.25, 0.3) is 0 Å². The Labute approximate surface area is 81.5 Å². The summed E-state index contributed by atoms with van der Waals surface area (Å²) in [7, 11) is 0. The van der Waals surface area contributed by atoms with Gasteiger partial charge >= 0.3 is 18.0 Å². The number of halogens is 8. The quantitative estimate of drug-likeness (QED) is 0.572. The zero-order chi connectivity index (χ0) is 13.4. The molecule has 0 fully saturated rings. The molecule has 0 aliphatic heterocycles. The molecule has 0 saturated heterocycles. The van der Waals surface area contributed by atoms with Gasteiger partial charge in [-0.15, -0.1) is 0 Å². The first kappa shape index (κ1) is 14.6. The fraction of sp³-hybridized carbons (Fsp3) is 0.500. The highest BCUT2D eigenvalue weighted by molar-refractivity contribution is 5.96. The Morgan fingerprint density at radius 2 is 1.31 bits per heavy atom. The zero-order valence-electron chi connectivity index (χ0n) is 6.84. The summed E-state index contributed by atoms with van der Waals surface area (Å²) < 4.78 is 94.8. The Balaban J connectivity index is 5.48. The van der Waals surface area contributed by atoms with Crippen LogP contribution in [-0.2, 0) is 9.59 Å². The van der Waals surface area contributed by atoms with Crippen LogP contribution in [0.2, 0.25) is 0 Å². The second kappa shape index (κ2) is 3.85. The fourth-order valence-electron chi connectivity index (χ4n) is 0.490. The Hall–Kier alpha value is -1.44. The molecule has 0 bridgehead atoms. The molecule has 10 heteroatoms. The minimum atomic E-state index is -6.61. The second-order valence-corrected chi connectivity index (χ2v) is 2.39. The predicted molar refractivity (Wildman–Crippen MR) is 31.3 cm³/mol. The van der Waals surface area contributed by atoms with Crippen LogP contribution in [0.3, 0.4) is 0 Å². The topological polar surface area (TPSA) is 34.1 Å². The Morgan fingerprint density at radius 1 is 0.938 bits per heavy atom. The van der Waals surface area contributed by atoms with Gasteiger partial charge in [-0.2, -0.15) is 35.1 Å². The van der Waals surface area contributed by atoms with E-state index in [1.165, 1.54) is 0 Å². The largest absolute Gasteiger partial charge is 0.461 e. The lowest BCUT2D eigenvalue weighted by Crippen LogP contribution is -2.52. The molecule has 0 atom stereocenters. The van der Waals surface area contributed by atoms with Crippen LogP contribution in [0.1, 0.15) is 0 Å². The number of Topliss-reactive ketones (excluding diaryl/α,β-unsaturated/α-hetero) is 1. The molecule has 0 radical (unpaired) electrons. The van der Waals surface area contributed by atoms with Crippen LogP contribution in [0.5, 0.6) is 0 Å². The molecule has 0 heterocycles. The first-order valence-corrected chi connectivity index (χ1v) is 3.17.